The summed E-state index contributed by atoms with van der Waals surface area (Å²) in [6.07, 6.45) is 4.33. The van der Waals surface area contributed by atoms with Crippen molar-refractivity contribution in [2.75, 3.05) is 5.32 Å². The number of benzene rings is 1. The summed E-state index contributed by atoms with van der Waals surface area (Å²) in [5.74, 6) is -0.474. The molecule has 1 aliphatic carbocycles. The van der Waals surface area contributed by atoms with Crippen LogP contribution in [0.2, 0.25) is 0 Å². The van der Waals surface area contributed by atoms with Crippen molar-refractivity contribution in [3.8, 4) is 0 Å². The van der Waals surface area contributed by atoms with Gasteiger partial charge in [-0.1, -0.05) is 18.9 Å². The fourth-order valence-corrected chi connectivity index (χ4v) is 4.33. The van der Waals surface area contributed by atoms with Crippen LogP contribution in [0.1, 0.15) is 65.4 Å². The van der Waals surface area contributed by atoms with E-state index in [0.717, 1.165) is 60.0 Å². The van der Waals surface area contributed by atoms with Crippen molar-refractivity contribution in [2.45, 2.75) is 59.8 Å². The molecule has 1 aromatic rings. The highest BCUT2D eigenvalue weighted by Crippen LogP contribution is 2.43. The van der Waals surface area contributed by atoms with Gasteiger partial charge >= 0.3 is 0 Å². The van der Waals surface area contributed by atoms with Crippen LogP contribution in [-0.4, -0.2) is 11.7 Å². The number of carbonyl (C=O) groups is 2. The van der Waals surface area contributed by atoms with Crippen molar-refractivity contribution >= 4 is 23.0 Å². The molecule has 0 spiro atoms. The Hall–Kier alpha value is -2.49. The molecule has 0 saturated heterocycles. The van der Waals surface area contributed by atoms with Crippen LogP contribution in [0.25, 0.3) is 5.57 Å². The molecule has 0 fully saturated rings. The Labute approximate surface area is 160 Å². The van der Waals surface area contributed by atoms with Gasteiger partial charge < -0.3 is 5.32 Å². The summed E-state index contributed by atoms with van der Waals surface area (Å²) < 4.78 is 13.8. The van der Waals surface area contributed by atoms with Crippen molar-refractivity contribution in [3.05, 3.63) is 57.4 Å². The van der Waals surface area contributed by atoms with Gasteiger partial charge in [-0.2, -0.15) is 0 Å². The van der Waals surface area contributed by atoms with E-state index in [1.807, 2.05) is 13.8 Å². The third-order valence-electron chi connectivity index (χ3n) is 5.49. The van der Waals surface area contributed by atoms with Gasteiger partial charge in [0.2, 0.25) is 0 Å². The van der Waals surface area contributed by atoms with Gasteiger partial charge in [-0.05, 0) is 81.4 Å². The van der Waals surface area contributed by atoms with Gasteiger partial charge in [-0.15, -0.1) is 0 Å². The van der Waals surface area contributed by atoms with Gasteiger partial charge in [0.05, 0.1) is 5.57 Å². The lowest BCUT2D eigenvalue weighted by Gasteiger charge is -2.25. The van der Waals surface area contributed by atoms with Crippen LogP contribution in [0, 0.1) is 5.82 Å². The monoisotopic (exact) mass is 367 g/mol. The lowest BCUT2D eigenvalue weighted by molar-refractivity contribution is -0.113. The summed E-state index contributed by atoms with van der Waals surface area (Å²) in [4.78, 5) is 25.0. The Morgan fingerprint density at radius 2 is 1.96 bits per heavy atom. The van der Waals surface area contributed by atoms with E-state index in [-0.39, 0.29) is 17.5 Å². The first-order valence-electron chi connectivity index (χ1n) is 9.60. The number of anilines is 1. The third-order valence-corrected chi connectivity index (χ3v) is 5.49. The standard InChI is InChI=1S/C23H26FNO2/c1-5-7-13(2)21(15(4)26)17-8-6-9-18(14(17)3)22-19-12-16(24)10-11-20(19)25-23(22)27/h10-12H,5-9H2,1-4H3,(H,25,27)/b21-13-,22-18-. The van der Waals surface area contributed by atoms with E-state index in [1.165, 1.54) is 12.1 Å². The van der Waals surface area contributed by atoms with E-state index in [9.17, 15) is 14.0 Å². The molecule has 3 rings (SSSR count). The Balaban J connectivity index is 2.22. The number of allylic oxidation sites excluding steroid dienone is 5. The van der Waals surface area contributed by atoms with E-state index < -0.39 is 0 Å². The number of nitrogens with one attached hydrogen (secondary N) is 1. The second-order valence-corrected chi connectivity index (χ2v) is 7.42. The summed E-state index contributed by atoms with van der Waals surface area (Å²) in [7, 11) is 0. The number of ketones is 1. The smallest absolute Gasteiger partial charge is 0.256 e. The summed E-state index contributed by atoms with van der Waals surface area (Å²) >= 11 is 0. The van der Waals surface area contributed by atoms with E-state index in [1.54, 1.807) is 13.0 Å². The number of halogens is 1. The number of rotatable bonds is 4. The number of carbonyl (C=O) groups excluding carboxylic acids is 2. The van der Waals surface area contributed by atoms with Crippen LogP contribution in [0.5, 0.6) is 0 Å². The lowest BCUT2D eigenvalue weighted by Crippen LogP contribution is -2.13. The predicted octanol–water partition coefficient (Wildman–Crippen LogP) is 5.74. The van der Waals surface area contributed by atoms with Gasteiger partial charge in [-0.3, -0.25) is 9.59 Å². The highest BCUT2D eigenvalue weighted by atomic mass is 19.1. The van der Waals surface area contributed by atoms with Crippen LogP contribution in [-0.2, 0) is 9.59 Å². The quantitative estimate of drug-likeness (QED) is 0.690. The summed E-state index contributed by atoms with van der Waals surface area (Å²) in [6.45, 7) is 7.73. The van der Waals surface area contributed by atoms with Gasteiger partial charge in [0.25, 0.3) is 5.91 Å². The molecule has 0 atom stereocenters. The number of Topliss-reactive ketones (excluding diaryl/α,β-unsaturated/α-hetero) is 1. The molecule has 1 aliphatic heterocycles. The minimum absolute atomic E-state index is 0.0730. The zero-order valence-corrected chi connectivity index (χ0v) is 16.5. The van der Waals surface area contributed by atoms with Crippen LogP contribution >= 0.6 is 0 Å². The van der Waals surface area contributed by atoms with Crippen molar-refractivity contribution in [1.29, 1.82) is 0 Å². The molecule has 0 saturated carbocycles. The number of amides is 1. The molecule has 1 N–H and O–H groups in total. The molecule has 2 aliphatic rings. The van der Waals surface area contributed by atoms with Crippen LogP contribution in [0.4, 0.5) is 10.1 Å². The second kappa shape index (κ2) is 7.63. The Kier molecular flexibility index (Phi) is 5.45. The van der Waals surface area contributed by atoms with E-state index in [2.05, 4.69) is 12.2 Å². The first kappa shape index (κ1) is 19.3. The van der Waals surface area contributed by atoms with Crippen molar-refractivity contribution < 1.29 is 14.0 Å². The van der Waals surface area contributed by atoms with E-state index in [0.29, 0.717) is 16.8 Å². The van der Waals surface area contributed by atoms with Crippen LogP contribution in [0.15, 0.2) is 46.1 Å². The molecule has 1 aromatic carbocycles. The highest BCUT2D eigenvalue weighted by Gasteiger charge is 2.31. The van der Waals surface area contributed by atoms with Gasteiger partial charge in [0.15, 0.2) is 5.78 Å². The van der Waals surface area contributed by atoms with Crippen molar-refractivity contribution in [3.63, 3.8) is 0 Å². The molecule has 4 heteroatoms. The maximum Gasteiger partial charge on any atom is 0.256 e. The first-order chi connectivity index (χ1) is 12.8. The molecule has 142 valence electrons. The largest absolute Gasteiger partial charge is 0.321 e. The van der Waals surface area contributed by atoms with Gasteiger partial charge in [-0.25, -0.2) is 4.39 Å². The van der Waals surface area contributed by atoms with E-state index >= 15 is 0 Å². The molecule has 0 unspecified atom stereocenters. The fourth-order valence-electron chi connectivity index (χ4n) is 4.33. The zero-order chi connectivity index (χ0) is 19.7. The average Bonchev–Trinajstić information content (AvgIpc) is 2.92. The molecule has 3 nitrogen and oxygen atoms in total. The summed E-state index contributed by atoms with van der Waals surface area (Å²) in [5, 5.41) is 2.84. The predicted molar refractivity (Wildman–Crippen MR) is 107 cm³/mol. The lowest BCUT2D eigenvalue weighted by atomic mass is 9.79. The maximum atomic E-state index is 13.8. The third kappa shape index (κ3) is 3.53. The minimum atomic E-state index is -0.357. The van der Waals surface area contributed by atoms with Crippen LogP contribution < -0.4 is 5.32 Å². The first-order valence-corrected chi connectivity index (χ1v) is 9.60. The Morgan fingerprint density at radius 1 is 1.22 bits per heavy atom. The van der Waals surface area contributed by atoms with Crippen LogP contribution in [0.3, 0.4) is 0 Å². The van der Waals surface area contributed by atoms with Crippen molar-refractivity contribution in [1.82, 2.24) is 0 Å². The molecule has 27 heavy (non-hydrogen) atoms. The maximum absolute atomic E-state index is 13.8. The number of hydrogen-bond donors (Lipinski definition) is 1. The summed E-state index contributed by atoms with van der Waals surface area (Å²) in [5.41, 5.74) is 6.70. The van der Waals surface area contributed by atoms with Gasteiger partial charge in [0.1, 0.15) is 5.82 Å². The highest BCUT2D eigenvalue weighted by molar-refractivity contribution is 6.32. The Bertz CT molecular complexity index is 918. The molecule has 0 bridgehead atoms. The number of fused-ring (bicyclic) bond motifs is 1. The Morgan fingerprint density at radius 3 is 2.63 bits per heavy atom. The minimum Gasteiger partial charge on any atom is -0.321 e. The summed E-state index contributed by atoms with van der Waals surface area (Å²) in [6, 6.07) is 4.37. The normalized spacial score (nSPS) is 20.4. The van der Waals surface area contributed by atoms with E-state index in [4.69, 9.17) is 0 Å². The molecule has 1 heterocycles. The molecule has 1 amide bonds. The average molecular weight is 367 g/mol. The zero-order valence-electron chi connectivity index (χ0n) is 16.5. The molecular weight excluding hydrogens is 341 g/mol. The number of hydrogen-bond acceptors (Lipinski definition) is 2. The fraction of sp³-hybridized carbons (Fsp3) is 0.391. The van der Waals surface area contributed by atoms with Crippen molar-refractivity contribution in [2.24, 2.45) is 0 Å². The molecule has 0 radical (unpaired) electrons. The SMILES string of the molecule is CCC/C(C)=C(/C(C)=O)C1=C(C)/C(=C2\C(=O)Nc3ccc(F)cc32)CCC1. The second-order valence-electron chi connectivity index (χ2n) is 7.42. The molecule has 0 aromatic heterocycles. The van der Waals surface area contributed by atoms with Gasteiger partial charge in [0, 0.05) is 16.8 Å². The topological polar surface area (TPSA) is 46.2 Å². The molecular formula is C23H26FNO2.